The van der Waals surface area contributed by atoms with Gasteiger partial charge in [-0.3, -0.25) is 0 Å². The molecule has 0 atom stereocenters. The molecule has 0 heterocycles. The zero-order valence-corrected chi connectivity index (χ0v) is 10.6. The summed E-state index contributed by atoms with van der Waals surface area (Å²) in [6.45, 7) is 0. The maximum absolute atomic E-state index is 6.00. The lowest BCUT2D eigenvalue weighted by Gasteiger charge is -2.09. The Labute approximate surface area is 107 Å². The van der Waals surface area contributed by atoms with Gasteiger partial charge in [0.1, 0.15) is 5.75 Å². The Hall–Kier alpha value is -1.19. The van der Waals surface area contributed by atoms with Crippen LogP contribution in [-0.2, 0) is 0 Å². The first-order valence-electron chi connectivity index (χ1n) is 4.64. The molecule has 0 aliphatic carbocycles. The molecule has 0 unspecified atom stereocenters. The molecule has 0 saturated carbocycles. The summed E-state index contributed by atoms with van der Waals surface area (Å²) in [6, 6.07) is 12.7. The highest BCUT2D eigenvalue weighted by Crippen LogP contribution is 2.34. The molecule has 0 aromatic heterocycles. The van der Waals surface area contributed by atoms with Crippen LogP contribution in [0.25, 0.3) is 0 Å². The van der Waals surface area contributed by atoms with Crippen molar-refractivity contribution in [3.8, 4) is 11.5 Å². The number of para-hydroxylation sites is 1. The number of rotatable bonds is 2. The predicted octanol–water partition coefficient (Wildman–Crippen LogP) is 4.48. The quantitative estimate of drug-likeness (QED) is 0.830. The smallest absolute Gasteiger partial charge is 0.168 e. The normalized spacial score (nSPS) is 10.1. The summed E-state index contributed by atoms with van der Waals surface area (Å²) in [5.74, 6) is 1.19. The Morgan fingerprint density at radius 3 is 2.38 bits per heavy atom. The third-order valence-electron chi connectivity index (χ3n) is 2.03. The van der Waals surface area contributed by atoms with E-state index >= 15 is 0 Å². The highest BCUT2D eigenvalue weighted by molar-refractivity contribution is 9.10. The number of halogens is 2. The third kappa shape index (κ3) is 2.49. The Kier molecular flexibility index (Phi) is 3.36. The molecule has 0 radical (unpaired) electrons. The van der Waals surface area contributed by atoms with Gasteiger partial charge in [0.05, 0.1) is 10.7 Å². The second kappa shape index (κ2) is 4.76. The van der Waals surface area contributed by atoms with Crippen LogP contribution in [0.2, 0.25) is 5.02 Å². The van der Waals surface area contributed by atoms with Crippen molar-refractivity contribution in [2.24, 2.45) is 0 Å². The third-order valence-corrected chi connectivity index (χ3v) is 2.86. The molecule has 2 aromatic carbocycles. The summed E-state index contributed by atoms with van der Waals surface area (Å²) in [4.78, 5) is 0. The second-order valence-corrected chi connectivity index (χ2v) is 4.54. The number of benzene rings is 2. The molecule has 0 bridgehead atoms. The molecule has 0 fully saturated rings. The number of anilines is 1. The zero-order chi connectivity index (χ0) is 11.5. The van der Waals surface area contributed by atoms with Crippen LogP contribution in [0.5, 0.6) is 11.5 Å². The highest BCUT2D eigenvalue weighted by atomic mass is 79.9. The van der Waals surface area contributed by atoms with Gasteiger partial charge in [0.25, 0.3) is 0 Å². The van der Waals surface area contributed by atoms with Gasteiger partial charge in [-0.2, -0.15) is 0 Å². The largest absolute Gasteiger partial charge is 0.454 e. The fourth-order valence-corrected chi connectivity index (χ4v) is 1.74. The van der Waals surface area contributed by atoms with E-state index in [0.29, 0.717) is 22.2 Å². The van der Waals surface area contributed by atoms with Gasteiger partial charge in [0.2, 0.25) is 0 Å². The molecule has 0 saturated heterocycles. The van der Waals surface area contributed by atoms with Crippen molar-refractivity contribution in [2.45, 2.75) is 0 Å². The molecular weight excluding hydrogens is 289 g/mol. The molecular formula is C12H9BrClNO. The molecule has 0 aliphatic heterocycles. The van der Waals surface area contributed by atoms with Gasteiger partial charge in [-0.1, -0.05) is 33.6 Å². The SMILES string of the molecule is Nc1cccc(Cl)c1Oc1ccc(Br)cc1. The van der Waals surface area contributed by atoms with Crippen molar-refractivity contribution in [3.05, 3.63) is 52.0 Å². The number of hydrogen-bond acceptors (Lipinski definition) is 2. The van der Waals surface area contributed by atoms with Crippen LogP contribution >= 0.6 is 27.5 Å². The number of hydrogen-bond donors (Lipinski definition) is 1. The fraction of sp³-hybridized carbons (Fsp3) is 0. The van der Waals surface area contributed by atoms with Crippen LogP contribution in [0, 0.1) is 0 Å². The van der Waals surface area contributed by atoms with Gasteiger partial charge in [-0.05, 0) is 36.4 Å². The topological polar surface area (TPSA) is 35.2 Å². The molecule has 2 N–H and O–H groups in total. The van der Waals surface area contributed by atoms with Gasteiger partial charge in [-0.25, -0.2) is 0 Å². The minimum absolute atomic E-state index is 0.492. The summed E-state index contributed by atoms with van der Waals surface area (Å²) in [5.41, 5.74) is 6.30. The maximum Gasteiger partial charge on any atom is 0.168 e. The summed E-state index contributed by atoms with van der Waals surface area (Å²) in [7, 11) is 0. The van der Waals surface area contributed by atoms with Crippen molar-refractivity contribution in [2.75, 3.05) is 5.73 Å². The first kappa shape index (κ1) is 11.3. The molecule has 16 heavy (non-hydrogen) atoms. The zero-order valence-electron chi connectivity index (χ0n) is 8.28. The summed E-state index contributed by atoms with van der Waals surface area (Å²) in [5, 5.41) is 0.503. The number of ether oxygens (including phenoxy) is 1. The van der Waals surface area contributed by atoms with Crippen LogP contribution < -0.4 is 10.5 Å². The molecule has 2 nitrogen and oxygen atoms in total. The van der Waals surface area contributed by atoms with Crippen molar-refractivity contribution in [1.82, 2.24) is 0 Å². The standard InChI is InChI=1S/C12H9BrClNO/c13-8-4-6-9(7-5-8)16-12-10(14)2-1-3-11(12)15/h1-7H,15H2. The molecule has 0 aliphatic rings. The summed E-state index contributed by atoms with van der Waals surface area (Å²) in [6.07, 6.45) is 0. The van der Waals surface area contributed by atoms with Gasteiger partial charge >= 0.3 is 0 Å². The van der Waals surface area contributed by atoms with E-state index in [-0.39, 0.29) is 0 Å². The van der Waals surface area contributed by atoms with Gasteiger partial charge < -0.3 is 10.5 Å². The van der Waals surface area contributed by atoms with E-state index in [1.807, 2.05) is 24.3 Å². The van der Waals surface area contributed by atoms with Crippen molar-refractivity contribution >= 4 is 33.2 Å². The van der Waals surface area contributed by atoms with E-state index in [1.54, 1.807) is 18.2 Å². The summed E-state index contributed by atoms with van der Waals surface area (Å²) < 4.78 is 6.61. The summed E-state index contributed by atoms with van der Waals surface area (Å²) >= 11 is 9.35. The Morgan fingerprint density at radius 1 is 1.06 bits per heavy atom. The molecule has 0 amide bonds. The van der Waals surface area contributed by atoms with Gasteiger partial charge in [0.15, 0.2) is 5.75 Å². The fourth-order valence-electron chi connectivity index (χ4n) is 1.25. The van der Waals surface area contributed by atoms with E-state index in [4.69, 9.17) is 22.1 Å². The highest BCUT2D eigenvalue weighted by Gasteiger charge is 2.06. The maximum atomic E-state index is 6.00. The average molecular weight is 299 g/mol. The second-order valence-electron chi connectivity index (χ2n) is 3.21. The van der Waals surface area contributed by atoms with Crippen LogP contribution in [0.15, 0.2) is 46.9 Å². The van der Waals surface area contributed by atoms with Crippen molar-refractivity contribution in [3.63, 3.8) is 0 Å². The van der Waals surface area contributed by atoms with E-state index in [0.717, 1.165) is 4.47 Å². The molecule has 4 heteroatoms. The Balaban J connectivity index is 2.30. The minimum atomic E-state index is 0.492. The molecule has 82 valence electrons. The average Bonchev–Trinajstić information content (AvgIpc) is 2.26. The van der Waals surface area contributed by atoms with Crippen LogP contribution in [0.4, 0.5) is 5.69 Å². The monoisotopic (exact) mass is 297 g/mol. The van der Waals surface area contributed by atoms with Crippen LogP contribution in [0.3, 0.4) is 0 Å². The molecule has 2 aromatic rings. The van der Waals surface area contributed by atoms with E-state index in [1.165, 1.54) is 0 Å². The lowest BCUT2D eigenvalue weighted by molar-refractivity contribution is 0.485. The number of nitrogens with two attached hydrogens (primary N) is 1. The number of nitrogen functional groups attached to an aromatic ring is 1. The lowest BCUT2D eigenvalue weighted by atomic mass is 10.3. The Morgan fingerprint density at radius 2 is 1.75 bits per heavy atom. The van der Waals surface area contributed by atoms with Crippen LogP contribution in [0.1, 0.15) is 0 Å². The van der Waals surface area contributed by atoms with Crippen molar-refractivity contribution in [1.29, 1.82) is 0 Å². The minimum Gasteiger partial charge on any atom is -0.454 e. The molecule has 0 spiro atoms. The lowest BCUT2D eigenvalue weighted by Crippen LogP contribution is -1.92. The van der Waals surface area contributed by atoms with E-state index < -0.39 is 0 Å². The Bertz CT molecular complexity index is 479. The van der Waals surface area contributed by atoms with E-state index in [2.05, 4.69) is 15.9 Å². The first-order chi connectivity index (χ1) is 7.66. The van der Waals surface area contributed by atoms with Gasteiger partial charge in [0, 0.05) is 4.47 Å². The van der Waals surface area contributed by atoms with Crippen molar-refractivity contribution < 1.29 is 4.74 Å². The molecule has 2 rings (SSSR count). The van der Waals surface area contributed by atoms with Crippen LogP contribution in [-0.4, -0.2) is 0 Å². The predicted molar refractivity (Wildman–Crippen MR) is 70.1 cm³/mol. The first-order valence-corrected chi connectivity index (χ1v) is 5.81. The van der Waals surface area contributed by atoms with E-state index in [9.17, 15) is 0 Å². The van der Waals surface area contributed by atoms with Gasteiger partial charge in [-0.15, -0.1) is 0 Å².